The molecular formula is C25H32O2. The van der Waals surface area contributed by atoms with E-state index in [1.807, 2.05) is 67.6 Å². The minimum atomic E-state index is -0.769. The first-order valence-electron chi connectivity index (χ1n) is 9.93. The number of unbranched alkanes of at least 4 members (excludes halogenated alkanes) is 1. The van der Waals surface area contributed by atoms with Gasteiger partial charge in [-0.05, 0) is 50.7 Å². The van der Waals surface area contributed by atoms with Crippen LogP contribution in [0.2, 0.25) is 0 Å². The molecule has 0 saturated carbocycles. The molecule has 2 aromatic carbocycles. The third-order valence-corrected chi connectivity index (χ3v) is 5.47. The van der Waals surface area contributed by atoms with Crippen LogP contribution >= 0.6 is 0 Å². The van der Waals surface area contributed by atoms with Crippen molar-refractivity contribution < 1.29 is 9.53 Å². The summed E-state index contributed by atoms with van der Waals surface area (Å²) in [5, 5.41) is 0. The number of allylic oxidation sites excluding steroid dienone is 2. The van der Waals surface area contributed by atoms with Crippen molar-refractivity contribution in [1.29, 1.82) is 0 Å². The summed E-state index contributed by atoms with van der Waals surface area (Å²) in [6.07, 6.45) is 5.63. The highest BCUT2D eigenvalue weighted by Gasteiger charge is 2.32. The zero-order valence-corrected chi connectivity index (χ0v) is 17.1. The highest BCUT2D eigenvalue weighted by atomic mass is 16.6. The zero-order chi connectivity index (χ0) is 19.7. The van der Waals surface area contributed by atoms with Crippen molar-refractivity contribution in [2.45, 2.75) is 59.0 Å². The monoisotopic (exact) mass is 364 g/mol. The van der Waals surface area contributed by atoms with Crippen molar-refractivity contribution in [2.75, 3.05) is 0 Å². The quantitative estimate of drug-likeness (QED) is 0.283. The predicted octanol–water partition coefficient (Wildman–Crippen LogP) is 6.66. The molecule has 0 aromatic heterocycles. The van der Waals surface area contributed by atoms with E-state index in [2.05, 4.69) is 26.8 Å². The Morgan fingerprint density at radius 2 is 1.52 bits per heavy atom. The van der Waals surface area contributed by atoms with Gasteiger partial charge in [-0.2, -0.15) is 0 Å². The molecule has 144 valence electrons. The number of carbonyl (C=O) groups excluding carboxylic acids is 1. The average Bonchev–Trinajstić information content (AvgIpc) is 2.71. The Hall–Kier alpha value is -2.35. The van der Waals surface area contributed by atoms with E-state index in [4.69, 9.17) is 4.74 Å². The second-order valence-electron chi connectivity index (χ2n) is 7.42. The molecule has 0 fully saturated rings. The molecule has 0 bridgehead atoms. The van der Waals surface area contributed by atoms with E-state index in [1.54, 1.807) is 0 Å². The lowest BCUT2D eigenvalue weighted by atomic mass is 9.88. The fourth-order valence-corrected chi connectivity index (χ4v) is 3.31. The standard InChI is InChI=1S/C25H32O2/c1-5-20(2)21(3)14-12-13-19-24(26)27-25(4,22-15-8-6-9-16-22)23-17-10-7-11-18-23/h5-11,15-18,21H,12-14,19H2,1-4H3. The van der Waals surface area contributed by atoms with Crippen LogP contribution in [0.4, 0.5) is 0 Å². The van der Waals surface area contributed by atoms with E-state index in [0.717, 1.165) is 30.4 Å². The molecule has 2 rings (SSSR count). The lowest BCUT2D eigenvalue weighted by Crippen LogP contribution is -2.30. The number of benzene rings is 2. The molecule has 0 aliphatic rings. The summed E-state index contributed by atoms with van der Waals surface area (Å²) >= 11 is 0. The molecule has 0 aliphatic carbocycles. The number of ether oxygens (including phenoxy) is 1. The first-order chi connectivity index (χ1) is 13.0. The molecule has 0 amide bonds. The third kappa shape index (κ3) is 5.82. The molecule has 0 radical (unpaired) electrons. The Morgan fingerprint density at radius 3 is 2.00 bits per heavy atom. The molecule has 27 heavy (non-hydrogen) atoms. The molecule has 0 saturated heterocycles. The van der Waals surface area contributed by atoms with Gasteiger partial charge in [0.2, 0.25) is 0 Å². The third-order valence-electron chi connectivity index (χ3n) is 5.47. The molecule has 1 unspecified atom stereocenters. The molecule has 0 aliphatic heterocycles. The smallest absolute Gasteiger partial charge is 0.307 e. The van der Waals surface area contributed by atoms with Gasteiger partial charge < -0.3 is 4.74 Å². The summed E-state index contributed by atoms with van der Waals surface area (Å²) in [4.78, 5) is 12.6. The lowest BCUT2D eigenvalue weighted by molar-refractivity contribution is -0.155. The minimum Gasteiger partial charge on any atom is -0.450 e. The Morgan fingerprint density at radius 1 is 1.00 bits per heavy atom. The van der Waals surface area contributed by atoms with Gasteiger partial charge >= 0.3 is 5.97 Å². The SMILES string of the molecule is CC=C(C)C(C)CCCCC(=O)OC(C)(c1ccccc1)c1ccccc1. The second-order valence-corrected chi connectivity index (χ2v) is 7.42. The van der Waals surface area contributed by atoms with Crippen LogP contribution in [0.1, 0.15) is 64.5 Å². The Kier molecular flexibility index (Phi) is 7.84. The minimum absolute atomic E-state index is 0.138. The van der Waals surface area contributed by atoms with Gasteiger partial charge in [0.15, 0.2) is 5.60 Å². The molecule has 2 aromatic rings. The summed E-state index contributed by atoms with van der Waals surface area (Å²) in [6, 6.07) is 19.9. The Labute approximate surface area is 164 Å². The van der Waals surface area contributed by atoms with Crippen molar-refractivity contribution in [3.05, 3.63) is 83.4 Å². The van der Waals surface area contributed by atoms with Crippen molar-refractivity contribution in [3.63, 3.8) is 0 Å². The summed E-state index contributed by atoms with van der Waals surface area (Å²) < 4.78 is 6.04. The molecule has 2 heteroatoms. The van der Waals surface area contributed by atoms with Gasteiger partial charge in [-0.1, -0.05) is 85.7 Å². The normalized spacial score (nSPS) is 13.3. The van der Waals surface area contributed by atoms with E-state index in [9.17, 15) is 4.79 Å². The number of hydrogen-bond donors (Lipinski definition) is 0. The topological polar surface area (TPSA) is 26.3 Å². The highest BCUT2D eigenvalue weighted by Crippen LogP contribution is 2.33. The van der Waals surface area contributed by atoms with Gasteiger partial charge in [-0.15, -0.1) is 0 Å². The van der Waals surface area contributed by atoms with Crippen molar-refractivity contribution >= 4 is 5.97 Å². The maximum Gasteiger partial charge on any atom is 0.307 e. The summed E-state index contributed by atoms with van der Waals surface area (Å²) in [5.41, 5.74) is 2.62. The van der Waals surface area contributed by atoms with E-state index >= 15 is 0 Å². The molecule has 1 atom stereocenters. The van der Waals surface area contributed by atoms with Gasteiger partial charge in [0.25, 0.3) is 0 Å². The van der Waals surface area contributed by atoms with Crippen LogP contribution in [-0.2, 0) is 15.1 Å². The van der Waals surface area contributed by atoms with Crippen molar-refractivity contribution in [1.82, 2.24) is 0 Å². The fraction of sp³-hybridized carbons (Fsp3) is 0.400. The van der Waals surface area contributed by atoms with Gasteiger partial charge in [0, 0.05) is 6.42 Å². The van der Waals surface area contributed by atoms with Gasteiger partial charge in [-0.25, -0.2) is 0 Å². The van der Waals surface area contributed by atoms with E-state index < -0.39 is 5.60 Å². The highest BCUT2D eigenvalue weighted by molar-refractivity contribution is 5.70. The fourth-order valence-electron chi connectivity index (χ4n) is 3.31. The number of carbonyl (C=O) groups is 1. The van der Waals surface area contributed by atoms with Gasteiger partial charge in [0.1, 0.15) is 0 Å². The first kappa shape index (κ1) is 21.0. The van der Waals surface area contributed by atoms with Crippen LogP contribution in [0.25, 0.3) is 0 Å². The van der Waals surface area contributed by atoms with Crippen LogP contribution in [0.5, 0.6) is 0 Å². The Balaban J connectivity index is 2.01. The number of esters is 1. The Bertz CT molecular complexity index is 692. The first-order valence-corrected chi connectivity index (χ1v) is 9.93. The summed E-state index contributed by atoms with van der Waals surface area (Å²) in [7, 11) is 0. The predicted molar refractivity (Wildman–Crippen MR) is 112 cm³/mol. The second kappa shape index (κ2) is 10.1. The van der Waals surface area contributed by atoms with Crippen LogP contribution < -0.4 is 0 Å². The van der Waals surface area contributed by atoms with Crippen LogP contribution in [0.15, 0.2) is 72.3 Å². The molecular weight excluding hydrogens is 332 g/mol. The van der Waals surface area contributed by atoms with Crippen molar-refractivity contribution in [2.24, 2.45) is 5.92 Å². The largest absolute Gasteiger partial charge is 0.450 e. The van der Waals surface area contributed by atoms with Gasteiger partial charge in [-0.3, -0.25) is 4.79 Å². The van der Waals surface area contributed by atoms with Crippen LogP contribution in [-0.4, -0.2) is 5.97 Å². The zero-order valence-electron chi connectivity index (χ0n) is 17.1. The maximum atomic E-state index is 12.6. The van der Waals surface area contributed by atoms with Crippen molar-refractivity contribution in [3.8, 4) is 0 Å². The van der Waals surface area contributed by atoms with E-state index in [0.29, 0.717) is 12.3 Å². The summed E-state index contributed by atoms with van der Waals surface area (Å²) in [5.74, 6) is 0.436. The average molecular weight is 365 g/mol. The number of rotatable bonds is 9. The molecule has 0 heterocycles. The van der Waals surface area contributed by atoms with Crippen LogP contribution in [0.3, 0.4) is 0 Å². The molecule has 2 nitrogen and oxygen atoms in total. The molecule has 0 spiro atoms. The van der Waals surface area contributed by atoms with Crippen LogP contribution in [0, 0.1) is 5.92 Å². The van der Waals surface area contributed by atoms with E-state index in [1.165, 1.54) is 5.57 Å². The number of hydrogen-bond acceptors (Lipinski definition) is 2. The molecule has 0 N–H and O–H groups in total. The summed E-state index contributed by atoms with van der Waals surface area (Å²) in [6.45, 7) is 8.48. The maximum absolute atomic E-state index is 12.6. The van der Waals surface area contributed by atoms with Gasteiger partial charge in [0.05, 0.1) is 0 Å². The lowest BCUT2D eigenvalue weighted by Gasteiger charge is -2.31. The van der Waals surface area contributed by atoms with E-state index in [-0.39, 0.29) is 5.97 Å².